The maximum atomic E-state index is 12.2. The van der Waals surface area contributed by atoms with Gasteiger partial charge in [-0.2, -0.15) is 0 Å². The highest BCUT2D eigenvalue weighted by Gasteiger charge is 2.27. The minimum atomic E-state index is 0.0645. The Kier molecular flexibility index (Phi) is 9.11. The number of carbonyl (C=O) groups excluding carboxylic acids is 1. The van der Waals surface area contributed by atoms with E-state index in [0.29, 0.717) is 0 Å². The molecule has 1 unspecified atom stereocenters. The minimum Gasteiger partial charge on any atom is -0.375 e. The zero-order valence-corrected chi connectivity index (χ0v) is 17.9. The summed E-state index contributed by atoms with van der Waals surface area (Å²) in [6.45, 7) is 10.3. The Balaban J connectivity index is 1.72. The van der Waals surface area contributed by atoms with Gasteiger partial charge in [-0.25, -0.2) is 0 Å². The number of guanidine groups is 1. The molecule has 1 saturated heterocycles. The fraction of sp³-hybridized carbons (Fsp3) is 0.636. The summed E-state index contributed by atoms with van der Waals surface area (Å²) < 4.78 is 0. The molecule has 1 amide bonds. The zero-order chi connectivity index (χ0) is 20.4. The standard InChI is InChI=1S/C22H37N5O/c1-5-23-22(25-19-13-16-27(17-19)21(28)18(2)3)24-14-9-10-15-26(4)20-11-7-6-8-12-20/h6-8,11-12,18-19H,5,9-10,13-17H2,1-4H3,(H2,23,24,25). The predicted octanol–water partition coefficient (Wildman–Crippen LogP) is 2.72. The third kappa shape index (κ3) is 7.06. The highest BCUT2D eigenvalue weighted by molar-refractivity contribution is 5.81. The average molecular weight is 388 g/mol. The van der Waals surface area contributed by atoms with Crippen molar-refractivity contribution in [1.82, 2.24) is 15.5 Å². The number of anilines is 1. The Labute approximate surface area is 170 Å². The van der Waals surface area contributed by atoms with Crippen LogP contribution < -0.4 is 15.5 Å². The van der Waals surface area contributed by atoms with Crippen molar-refractivity contribution in [1.29, 1.82) is 0 Å². The first-order chi connectivity index (χ1) is 13.5. The highest BCUT2D eigenvalue weighted by atomic mass is 16.2. The number of nitrogens with one attached hydrogen (secondary N) is 2. The number of aliphatic imine (C=N–C) groups is 1. The van der Waals surface area contributed by atoms with E-state index in [1.165, 1.54) is 5.69 Å². The van der Waals surface area contributed by atoms with Gasteiger partial charge in [0.2, 0.25) is 5.91 Å². The molecule has 0 aromatic heterocycles. The van der Waals surface area contributed by atoms with Crippen LogP contribution in [-0.2, 0) is 4.79 Å². The summed E-state index contributed by atoms with van der Waals surface area (Å²) in [6.07, 6.45) is 3.13. The van der Waals surface area contributed by atoms with Crippen LogP contribution in [0.1, 0.15) is 40.0 Å². The number of rotatable bonds is 9. The van der Waals surface area contributed by atoms with Crippen LogP contribution in [0, 0.1) is 5.92 Å². The minimum absolute atomic E-state index is 0.0645. The lowest BCUT2D eigenvalue weighted by molar-refractivity contribution is -0.133. The normalized spacial score (nSPS) is 17.1. The number of hydrogen-bond donors (Lipinski definition) is 2. The monoisotopic (exact) mass is 387 g/mol. The van der Waals surface area contributed by atoms with Crippen molar-refractivity contribution in [2.75, 3.05) is 44.7 Å². The van der Waals surface area contributed by atoms with Gasteiger partial charge >= 0.3 is 0 Å². The first kappa shape index (κ1) is 22.1. The lowest BCUT2D eigenvalue weighted by Crippen LogP contribution is -2.45. The maximum Gasteiger partial charge on any atom is 0.225 e. The van der Waals surface area contributed by atoms with Crippen molar-refractivity contribution < 1.29 is 4.79 Å². The number of para-hydroxylation sites is 1. The van der Waals surface area contributed by atoms with E-state index in [9.17, 15) is 4.79 Å². The molecule has 1 heterocycles. The molecule has 1 fully saturated rings. The summed E-state index contributed by atoms with van der Waals surface area (Å²) in [5.41, 5.74) is 1.25. The second-order valence-electron chi connectivity index (χ2n) is 7.79. The smallest absolute Gasteiger partial charge is 0.225 e. The Bertz CT molecular complexity index is 617. The summed E-state index contributed by atoms with van der Waals surface area (Å²) in [5.74, 6) is 1.17. The van der Waals surface area contributed by atoms with Crippen LogP contribution in [0.2, 0.25) is 0 Å². The molecule has 0 radical (unpaired) electrons. The summed E-state index contributed by atoms with van der Waals surface area (Å²) in [7, 11) is 2.13. The molecule has 0 spiro atoms. The number of carbonyl (C=O) groups is 1. The molecular formula is C22H37N5O. The second kappa shape index (κ2) is 11.6. The molecule has 1 aromatic rings. The Morgan fingerprint density at radius 3 is 2.71 bits per heavy atom. The van der Waals surface area contributed by atoms with Crippen LogP contribution in [0.25, 0.3) is 0 Å². The fourth-order valence-corrected chi connectivity index (χ4v) is 3.42. The number of likely N-dealkylation sites (tertiary alicyclic amines) is 1. The third-order valence-electron chi connectivity index (χ3n) is 5.05. The molecule has 0 bridgehead atoms. The van der Waals surface area contributed by atoms with Crippen LogP contribution in [0.5, 0.6) is 0 Å². The summed E-state index contributed by atoms with van der Waals surface area (Å²) in [6, 6.07) is 10.8. The topological polar surface area (TPSA) is 60.0 Å². The molecule has 1 aliphatic rings. The van der Waals surface area contributed by atoms with Gasteiger partial charge in [0.15, 0.2) is 5.96 Å². The van der Waals surface area contributed by atoms with Crippen molar-refractivity contribution in [2.24, 2.45) is 10.9 Å². The van der Waals surface area contributed by atoms with E-state index in [1.54, 1.807) is 0 Å². The number of benzene rings is 1. The molecule has 1 aliphatic heterocycles. The van der Waals surface area contributed by atoms with E-state index in [4.69, 9.17) is 4.99 Å². The SMILES string of the molecule is CCNC(=NCCCCN(C)c1ccccc1)NC1CCN(C(=O)C(C)C)C1. The molecule has 6 heteroatoms. The Morgan fingerprint density at radius 1 is 1.29 bits per heavy atom. The molecule has 2 rings (SSSR count). The highest BCUT2D eigenvalue weighted by Crippen LogP contribution is 2.13. The van der Waals surface area contributed by atoms with Crippen LogP contribution in [0.3, 0.4) is 0 Å². The van der Waals surface area contributed by atoms with Crippen molar-refractivity contribution >= 4 is 17.6 Å². The Morgan fingerprint density at radius 2 is 2.04 bits per heavy atom. The number of amides is 1. The first-order valence-corrected chi connectivity index (χ1v) is 10.6. The van der Waals surface area contributed by atoms with Gasteiger partial charge in [-0.05, 0) is 38.3 Å². The second-order valence-corrected chi connectivity index (χ2v) is 7.79. The van der Waals surface area contributed by atoms with E-state index in [2.05, 4.69) is 53.8 Å². The van der Waals surface area contributed by atoms with E-state index in [-0.39, 0.29) is 17.9 Å². The largest absolute Gasteiger partial charge is 0.375 e. The number of hydrogen-bond acceptors (Lipinski definition) is 3. The van der Waals surface area contributed by atoms with Crippen molar-refractivity contribution in [3.63, 3.8) is 0 Å². The first-order valence-electron chi connectivity index (χ1n) is 10.6. The van der Waals surface area contributed by atoms with E-state index in [1.807, 2.05) is 24.8 Å². The van der Waals surface area contributed by atoms with Crippen LogP contribution in [0.15, 0.2) is 35.3 Å². The zero-order valence-electron chi connectivity index (χ0n) is 17.9. The van der Waals surface area contributed by atoms with Gasteiger partial charge < -0.3 is 20.4 Å². The number of nitrogens with zero attached hydrogens (tertiary/aromatic N) is 3. The number of unbranched alkanes of at least 4 members (excludes halogenated alkanes) is 1. The summed E-state index contributed by atoms with van der Waals surface area (Å²) >= 11 is 0. The lowest BCUT2D eigenvalue weighted by atomic mass is 10.2. The lowest BCUT2D eigenvalue weighted by Gasteiger charge is -2.20. The van der Waals surface area contributed by atoms with E-state index < -0.39 is 0 Å². The molecule has 0 aliphatic carbocycles. The Hall–Kier alpha value is -2.24. The average Bonchev–Trinajstić information content (AvgIpc) is 3.16. The van der Waals surface area contributed by atoms with Crippen molar-refractivity contribution in [3.8, 4) is 0 Å². The van der Waals surface area contributed by atoms with Crippen LogP contribution in [-0.4, -0.2) is 62.6 Å². The van der Waals surface area contributed by atoms with Gasteiger partial charge in [0.05, 0.1) is 0 Å². The molecule has 2 N–H and O–H groups in total. The van der Waals surface area contributed by atoms with Crippen molar-refractivity contribution in [2.45, 2.75) is 46.1 Å². The van der Waals surface area contributed by atoms with Gasteiger partial charge in [-0.1, -0.05) is 32.0 Å². The van der Waals surface area contributed by atoms with E-state index >= 15 is 0 Å². The predicted molar refractivity (Wildman–Crippen MR) is 118 cm³/mol. The van der Waals surface area contributed by atoms with Crippen LogP contribution >= 0.6 is 0 Å². The quantitative estimate of drug-likeness (QED) is 0.389. The fourth-order valence-electron chi connectivity index (χ4n) is 3.42. The third-order valence-corrected chi connectivity index (χ3v) is 5.05. The van der Waals surface area contributed by atoms with Gasteiger partial charge in [-0.15, -0.1) is 0 Å². The maximum absolute atomic E-state index is 12.2. The van der Waals surface area contributed by atoms with Gasteiger partial charge in [0.25, 0.3) is 0 Å². The van der Waals surface area contributed by atoms with Gasteiger partial charge in [-0.3, -0.25) is 9.79 Å². The molecule has 28 heavy (non-hydrogen) atoms. The van der Waals surface area contributed by atoms with Crippen molar-refractivity contribution in [3.05, 3.63) is 30.3 Å². The molecule has 1 aromatic carbocycles. The molecule has 6 nitrogen and oxygen atoms in total. The molecule has 0 saturated carbocycles. The van der Waals surface area contributed by atoms with Gasteiger partial charge in [0, 0.05) is 57.4 Å². The molecule has 156 valence electrons. The molecule has 1 atom stereocenters. The molecular weight excluding hydrogens is 350 g/mol. The van der Waals surface area contributed by atoms with Gasteiger partial charge in [0.1, 0.15) is 0 Å². The van der Waals surface area contributed by atoms with E-state index in [0.717, 1.165) is 57.9 Å². The van der Waals surface area contributed by atoms with Crippen LogP contribution in [0.4, 0.5) is 5.69 Å². The summed E-state index contributed by atoms with van der Waals surface area (Å²) in [4.78, 5) is 21.1. The summed E-state index contributed by atoms with van der Waals surface area (Å²) in [5, 5.41) is 6.83.